The summed E-state index contributed by atoms with van der Waals surface area (Å²) in [4.78, 5) is 36.7. The van der Waals surface area contributed by atoms with E-state index in [9.17, 15) is 14.2 Å². The van der Waals surface area contributed by atoms with Crippen LogP contribution in [0.1, 0.15) is 0 Å². The molecule has 1 amide bonds. The van der Waals surface area contributed by atoms with Crippen molar-refractivity contribution in [3.05, 3.63) is 0 Å². The third-order valence-electron chi connectivity index (χ3n) is 0.988. The zero-order valence-corrected chi connectivity index (χ0v) is 6.77. The van der Waals surface area contributed by atoms with Crippen molar-refractivity contribution in [2.24, 2.45) is 0 Å². The van der Waals surface area contributed by atoms with E-state index in [4.69, 9.17) is 14.9 Å². The topological polar surface area (TPSA) is 124 Å². The molecule has 0 rings (SSSR count). The van der Waals surface area contributed by atoms with Crippen LogP contribution >= 0.6 is 7.60 Å². The Bertz CT molecular complexity index is 222. The van der Waals surface area contributed by atoms with Gasteiger partial charge in [0, 0.05) is 0 Å². The predicted molar refractivity (Wildman–Crippen MR) is 37.5 cm³/mol. The van der Waals surface area contributed by atoms with Gasteiger partial charge in [-0.05, 0) is 0 Å². The number of carbonyl (C=O) groups excluding carboxylic acids is 1. The summed E-state index contributed by atoms with van der Waals surface area (Å²) in [6.07, 6.45) is -0.824. The number of hydrogen-bond donors (Lipinski definition) is 4. The number of carboxylic acids is 1. The lowest BCUT2D eigenvalue weighted by molar-refractivity contribution is -0.140. The molecule has 0 fully saturated rings. The van der Waals surface area contributed by atoms with Crippen LogP contribution in [0, 0.1) is 0 Å². The van der Waals surface area contributed by atoms with Crippen LogP contribution in [-0.4, -0.2) is 39.5 Å². The first-order valence-corrected chi connectivity index (χ1v) is 4.63. The van der Waals surface area contributed by atoms with Crippen LogP contribution in [0.2, 0.25) is 0 Å². The van der Waals surface area contributed by atoms with Gasteiger partial charge in [-0.3, -0.25) is 9.36 Å². The maximum Gasteiger partial charge on any atom is 0.328 e. The van der Waals surface area contributed by atoms with Crippen LogP contribution in [0.3, 0.4) is 0 Å². The minimum absolute atomic E-state index is 0.0778. The van der Waals surface area contributed by atoms with Gasteiger partial charge in [-0.25, -0.2) is 4.79 Å². The third-order valence-corrected chi connectivity index (χ3v) is 1.83. The highest BCUT2D eigenvalue weighted by molar-refractivity contribution is 7.51. The van der Waals surface area contributed by atoms with Gasteiger partial charge in [-0.1, -0.05) is 0 Å². The SMILES string of the molecule is O=CNC(CP(=O)(O)O)C(=O)O. The predicted octanol–water partition coefficient (Wildman–Crippen LogP) is -1.64. The maximum atomic E-state index is 10.3. The Morgan fingerprint density at radius 2 is 2.08 bits per heavy atom. The van der Waals surface area contributed by atoms with E-state index in [1.165, 1.54) is 0 Å². The van der Waals surface area contributed by atoms with Gasteiger partial charge in [0.1, 0.15) is 6.04 Å². The van der Waals surface area contributed by atoms with E-state index in [-0.39, 0.29) is 6.41 Å². The molecular formula is C4H8NO6P. The Balaban J connectivity index is 4.23. The summed E-state index contributed by atoms with van der Waals surface area (Å²) in [7, 11) is -4.41. The van der Waals surface area contributed by atoms with Crippen molar-refractivity contribution < 1.29 is 29.0 Å². The first-order chi connectivity index (χ1) is 5.37. The van der Waals surface area contributed by atoms with Crippen LogP contribution in [0.4, 0.5) is 0 Å². The first-order valence-electron chi connectivity index (χ1n) is 2.84. The monoisotopic (exact) mass is 197 g/mol. The summed E-state index contributed by atoms with van der Waals surface area (Å²) in [5.74, 6) is -1.48. The van der Waals surface area contributed by atoms with E-state index < -0.39 is 25.8 Å². The van der Waals surface area contributed by atoms with Crippen molar-refractivity contribution in [1.29, 1.82) is 0 Å². The van der Waals surface area contributed by atoms with Crippen LogP contribution in [0.15, 0.2) is 0 Å². The van der Waals surface area contributed by atoms with E-state index in [0.717, 1.165) is 0 Å². The smallest absolute Gasteiger partial charge is 0.328 e. The molecule has 0 bridgehead atoms. The van der Waals surface area contributed by atoms with E-state index in [2.05, 4.69) is 0 Å². The largest absolute Gasteiger partial charge is 0.480 e. The molecule has 0 aromatic heterocycles. The highest BCUT2D eigenvalue weighted by Crippen LogP contribution is 2.34. The number of carboxylic acid groups (broad SMARTS) is 1. The molecule has 0 heterocycles. The fourth-order valence-corrected chi connectivity index (χ4v) is 1.26. The minimum Gasteiger partial charge on any atom is -0.480 e. The molecule has 4 N–H and O–H groups in total. The van der Waals surface area contributed by atoms with Crippen molar-refractivity contribution >= 4 is 20.0 Å². The number of rotatable bonds is 5. The maximum absolute atomic E-state index is 10.3. The normalized spacial score (nSPS) is 13.5. The second-order valence-corrected chi connectivity index (χ2v) is 3.72. The molecule has 0 aliphatic rings. The van der Waals surface area contributed by atoms with Gasteiger partial charge >= 0.3 is 13.6 Å². The number of hydrogen-bond acceptors (Lipinski definition) is 3. The lowest BCUT2D eigenvalue weighted by Gasteiger charge is -2.11. The van der Waals surface area contributed by atoms with Gasteiger partial charge in [0.2, 0.25) is 6.41 Å². The molecule has 70 valence electrons. The second-order valence-electron chi connectivity index (χ2n) is 2.02. The van der Waals surface area contributed by atoms with Crippen LogP contribution in [0.5, 0.6) is 0 Å². The summed E-state index contributed by atoms with van der Waals surface area (Å²) in [6, 6.07) is -1.54. The van der Waals surface area contributed by atoms with E-state index in [1.54, 1.807) is 5.32 Å². The summed E-state index contributed by atoms with van der Waals surface area (Å²) in [5.41, 5.74) is 0. The quantitative estimate of drug-likeness (QED) is 0.309. The average molecular weight is 197 g/mol. The second kappa shape index (κ2) is 4.20. The van der Waals surface area contributed by atoms with Crippen LogP contribution < -0.4 is 5.32 Å². The molecule has 0 aliphatic heterocycles. The van der Waals surface area contributed by atoms with Crippen molar-refractivity contribution in [2.75, 3.05) is 6.16 Å². The van der Waals surface area contributed by atoms with E-state index in [1.807, 2.05) is 0 Å². The fourth-order valence-electron chi connectivity index (χ4n) is 0.522. The molecule has 1 unspecified atom stereocenters. The molecule has 0 saturated carbocycles. The third kappa shape index (κ3) is 4.84. The summed E-state index contributed by atoms with van der Waals surface area (Å²) < 4.78 is 10.3. The standard InChI is InChI=1S/C4H8NO6P/c6-2-5-3(4(7)8)1-12(9,10)11/h2-3H,1H2,(H,5,6)(H,7,8)(H2,9,10,11). The molecule has 7 nitrogen and oxygen atoms in total. The first kappa shape index (κ1) is 11.1. The molecule has 0 spiro atoms. The summed E-state index contributed by atoms with van der Waals surface area (Å²) in [6.45, 7) is 0. The molecule has 0 saturated heterocycles. The number of carbonyl (C=O) groups is 2. The van der Waals surface area contributed by atoms with Crippen LogP contribution in [0.25, 0.3) is 0 Å². The molecular weight excluding hydrogens is 189 g/mol. The average Bonchev–Trinajstić information content (AvgIpc) is 1.83. The van der Waals surface area contributed by atoms with Gasteiger partial charge in [-0.15, -0.1) is 0 Å². The number of nitrogens with one attached hydrogen (secondary N) is 1. The van der Waals surface area contributed by atoms with Gasteiger partial charge < -0.3 is 20.2 Å². The Labute approximate surface area is 67.6 Å². The zero-order valence-electron chi connectivity index (χ0n) is 5.88. The number of amides is 1. The molecule has 1 atom stereocenters. The van der Waals surface area contributed by atoms with Gasteiger partial charge in [0.15, 0.2) is 0 Å². The Morgan fingerprint density at radius 1 is 1.58 bits per heavy atom. The van der Waals surface area contributed by atoms with Crippen molar-refractivity contribution in [3.63, 3.8) is 0 Å². The highest BCUT2D eigenvalue weighted by Gasteiger charge is 2.26. The fraction of sp³-hybridized carbons (Fsp3) is 0.500. The summed E-state index contributed by atoms with van der Waals surface area (Å²) >= 11 is 0. The minimum atomic E-state index is -4.41. The summed E-state index contributed by atoms with van der Waals surface area (Å²) in [5, 5.41) is 10.1. The Kier molecular flexibility index (Phi) is 3.88. The zero-order chi connectivity index (χ0) is 9.78. The van der Waals surface area contributed by atoms with Crippen LogP contribution in [-0.2, 0) is 14.2 Å². The Hall–Kier alpha value is -0.910. The van der Waals surface area contributed by atoms with Crippen molar-refractivity contribution in [3.8, 4) is 0 Å². The number of aliphatic carboxylic acids is 1. The molecule has 8 heteroatoms. The van der Waals surface area contributed by atoms with Gasteiger partial charge in [0.05, 0.1) is 6.16 Å². The highest BCUT2D eigenvalue weighted by atomic mass is 31.2. The van der Waals surface area contributed by atoms with Crippen molar-refractivity contribution in [1.82, 2.24) is 5.32 Å². The van der Waals surface area contributed by atoms with Gasteiger partial charge in [-0.2, -0.15) is 0 Å². The molecule has 0 aromatic rings. The molecule has 0 radical (unpaired) electrons. The van der Waals surface area contributed by atoms with Gasteiger partial charge in [0.25, 0.3) is 0 Å². The van der Waals surface area contributed by atoms with Crippen molar-refractivity contribution in [2.45, 2.75) is 6.04 Å². The lowest BCUT2D eigenvalue weighted by Crippen LogP contribution is -2.38. The van der Waals surface area contributed by atoms with E-state index >= 15 is 0 Å². The molecule has 0 aliphatic carbocycles. The molecule has 0 aromatic carbocycles. The lowest BCUT2D eigenvalue weighted by atomic mass is 10.3. The Morgan fingerprint density at radius 3 is 2.33 bits per heavy atom. The molecule has 12 heavy (non-hydrogen) atoms. The van der Waals surface area contributed by atoms with E-state index in [0.29, 0.717) is 0 Å².